The first-order valence-corrected chi connectivity index (χ1v) is 7.82. The highest BCUT2D eigenvalue weighted by Gasteiger charge is 2.33. The van der Waals surface area contributed by atoms with Crippen molar-refractivity contribution in [2.75, 3.05) is 13.7 Å². The summed E-state index contributed by atoms with van der Waals surface area (Å²) in [7, 11) is 1.71. The molecular weight excluding hydrogens is 274 g/mol. The highest BCUT2D eigenvalue weighted by atomic mass is 16.5. The number of para-hydroxylation sites is 1. The van der Waals surface area contributed by atoms with Crippen molar-refractivity contribution in [2.24, 2.45) is 0 Å². The maximum absolute atomic E-state index is 6.01. The Kier molecular flexibility index (Phi) is 4.34. The maximum Gasteiger partial charge on any atom is 0.165 e. The van der Waals surface area contributed by atoms with Crippen molar-refractivity contribution < 1.29 is 9.47 Å². The van der Waals surface area contributed by atoms with Crippen LogP contribution in [0.4, 0.5) is 0 Å². The highest BCUT2D eigenvalue weighted by molar-refractivity contribution is 5.50. The number of ether oxygens (including phenoxy) is 2. The number of hydrogen-bond donors (Lipinski definition) is 1. The van der Waals surface area contributed by atoms with Crippen molar-refractivity contribution in [1.29, 1.82) is 0 Å². The first-order valence-electron chi connectivity index (χ1n) is 7.82. The molecule has 3 rings (SSSR count). The van der Waals surface area contributed by atoms with Crippen LogP contribution in [0.2, 0.25) is 0 Å². The summed E-state index contributed by atoms with van der Waals surface area (Å²) in [6.45, 7) is 3.83. The summed E-state index contributed by atoms with van der Waals surface area (Å²) in [5.41, 5.74) is 2.30. The van der Waals surface area contributed by atoms with Crippen molar-refractivity contribution >= 4 is 0 Å². The van der Waals surface area contributed by atoms with Crippen molar-refractivity contribution in [2.45, 2.75) is 31.9 Å². The van der Waals surface area contributed by atoms with Crippen molar-refractivity contribution in [3.63, 3.8) is 0 Å². The number of hydrogen-bond acceptors (Lipinski definition) is 3. The average Bonchev–Trinajstić information content (AvgIpc) is 3.01. The van der Waals surface area contributed by atoms with Gasteiger partial charge in [0.15, 0.2) is 11.5 Å². The van der Waals surface area contributed by atoms with Crippen molar-refractivity contribution in [1.82, 2.24) is 5.32 Å². The van der Waals surface area contributed by atoms with Gasteiger partial charge in [-0.25, -0.2) is 0 Å². The molecule has 1 unspecified atom stereocenters. The fourth-order valence-electron chi connectivity index (χ4n) is 3.13. The van der Waals surface area contributed by atoms with Crippen LogP contribution in [-0.2, 0) is 12.1 Å². The molecule has 3 heteroatoms. The van der Waals surface area contributed by atoms with Gasteiger partial charge in [-0.3, -0.25) is 0 Å². The average molecular weight is 297 g/mol. The monoisotopic (exact) mass is 297 g/mol. The fraction of sp³-hybridized carbons (Fsp3) is 0.368. The molecule has 116 valence electrons. The van der Waals surface area contributed by atoms with Gasteiger partial charge >= 0.3 is 0 Å². The Morgan fingerprint density at radius 2 is 1.91 bits per heavy atom. The van der Waals surface area contributed by atoms with E-state index in [1.54, 1.807) is 7.11 Å². The van der Waals surface area contributed by atoms with Gasteiger partial charge in [0.25, 0.3) is 0 Å². The van der Waals surface area contributed by atoms with E-state index < -0.39 is 0 Å². The molecule has 1 atom stereocenters. The second kappa shape index (κ2) is 6.41. The summed E-state index contributed by atoms with van der Waals surface area (Å²) in [6.07, 6.45) is 2.31. The predicted molar refractivity (Wildman–Crippen MR) is 88.4 cm³/mol. The largest absolute Gasteiger partial charge is 0.493 e. The number of methoxy groups -OCH3 is 1. The van der Waals surface area contributed by atoms with Gasteiger partial charge in [-0.15, -0.1) is 0 Å². The van der Waals surface area contributed by atoms with Crippen LogP contribution in [0.3, 0.4) is 0 Å². The molecule has 0 bridgehead atoms. The van der Waals surface area contributed by atoms with E-state index in [1.165, 1.54) is 12.0 Å². The van der Waals surface area contributed by atoms with Gasteiger partial charge < -0.3 is 14.8 Å². The quantitative estimate of drug-likeness (QED) is 0.908. The van der Waals surface area contributed by atoms with E-state index in [2.05, 4.69) is 30.4 Å². The molecule has 0 saturated carbocycles. The first-order chi connectivity index (χ1) is 10.7. The molecule has 0 aliphatic carbocycles. The molecule has 1 aliphatic rings. The Bertz CT molecular complexity index is 619. The van der Waals surface area contributed by atoms with Gasteiger partial charge in [0.2, 0.25) is 0 Å². The molecule has 0 aromatic heterocycles. The summed E-state index contributed by atoms with van der Waals surface area (Å²) >= 11 is 0. The predicted octanol–water partition coefficient (Wildman–Crippen LogP) is 3.87. The van der Waals surface area contributed by atoms with E-state index in [4.69, 9.17) is 9.47 Å². The van der Waals surface area contributed by atoms with Crippen LogP contribution in [0.1, 0.15) is 30.9 Å². The van der Waals surface area contributed by atoms with Gasteiger partial charge in [-0.05, 0) is 37.9 Å². The van der Waals surface area contributed by atoms with Crippen LogP contribution >= 0.6 is 0 Å². The maximum atomic E-state index is 6.01. The van der Waals surface area contributed by atoms with Gasteiger partial charge in [0.05, 0.1) is 7.11 Å². The smallest absolute Gasteiger partial charge is 0.165 e. The Hall–Kier alpha value is -2.00. The lowest BCUT2D eigenvalue weighted by atomic mass is 9.89. The van der Waals surface area contributed by atoms with Crippen LogP contribution in [-0.4, -0.2) is 13.7 Å². The lowest BCUT2D eigenvalue weighted by Gasteiger charge is -2.28. The van der Waals surface area contributed by atoms with Crippen LogP contribution in [0, 0.1) is 0 Å². The number of benzene rings is 2. The van der Waals surface area contributed by atoms with Gasteiger partial charge in [-0.1, -0.05) is 42.5 Å². The zero-order chi connectivity index (χ0) is 15.4. The molecule has 2 aromatic carbocycles. The highest BCUT2D eigenvalue weighted by Crippen LogP contribution is 2.41. The second-order valence-corrected chi connectivity index (χ2v) is 5.97. The van der Waals surface area contributed by atoms with E-state index in [9.17, 15) is 0 Å². The fourth-order valence-corrected chi connectivity index (χ4v) is 3.13. The molecule has 2 aromatic rings. The topological polar surface area (TPSA) is 30.5 Å². The summed E-state index contributed by atoms with van der Waals surface area (Å²) in [5.74, 6) is 1.65. The molecule has 1 saturated heterocycles. The summed E-state index contributed by atoms with van der Waals surface area (Å²) in [5, 5.41) is 3.59. The zero-order valence-electron chi connectivity index (χ0n) is 13.3. The summed E-state index contributed by atoms with van der Waals surface area (Å²) in [4.78, 5) is 0. The van der Waals surface area contributed by atoms with Gasteiger partial charge in [0.1, 0.15) is 6.61 Å². The Labute approximate surface area is 132 Å². The lowest BCUT2D eigenvalue weighted by Crippen LogP contribution is -2.33. The Morgan fingerprint density at radius 1 is 1.09 bits per heavy atom. The minimum absolute atomic E-state index is 0.0303. The normalized spacial score (nSPS) is 20.8. The zero-order valence-corrected chi connectivity index (χ0v) is 13.3. The van der Waals surface area contributed by atoms with Gasteiger partial charge in [0, 0.05) is 11.1 Å². The third-order valence-electron chi connectivity index (χ3n) is 4.38. The molecular formula is C19H23NO2. The standard InChI is InChI=1S/C19H23NO2/c1-19(12-7-13-20-19)16-10-6-11-17(18(16)21-2)22-14-15-8-4-3-5-9-15/h3-6,8-11,20H,7,12-14H2,1-2H3. The van der Waals surface area contributed by atoms with E-state index in [1.807, 2.05) is 30.3 Å². The minimum Gasteiger partial charge on any atom is -0.493 e. The third-order valence-corrected chi connectivity index (χ3v) is 4.38. The molecule has 0 amide bonds. The Morgan fingerprint density at radius 3 is 2.59 bits per heavy atom. The lowest BCUT2D eigenvalue weighted by molar-refractivity contribution is 0.278. The van der Waals surface area contributed by atoms with Crippen molar-refractivity contribution in [3.05, 3.63) is 59.7 Å². The summed E-state index contributed by atoms with van der Waals surface area (Å²) < 4.78 is 11.7. The first kappa shape index (κ1) is 14.9. The number of rotatable bonds is 5. The second-order valence-electron chi connectivity index (χ2n) is 5.97. The summed E-state index contributed by atoms with van der Waals surface area (Å²) in [6, 6.07) is 16.3. The molecule has 1 fully saturated rings. The van der Waals surface area contributed by atoms with Crippen LogP contribution in [0.5, 0.6) is 11.5 Å². The molecule has 1 aliphatic heterocycles. The molecule has 22 heavy (non-hydrogen) atoms. The SMILES string of the molecule is COc1c(OCc2ccccc2)cccc1C1(C)CCCN1. The van der Waals surface area contributed by atoms with Crippen LogP contribution in [0.25, 0.3) is 0 Å². The van der Waals surface area contributed by atoms with Crippen molar-refractivity contribution in [3.8, 4) is 11.5 Å². The minimum atomic E-state index is -0.0303. The molecule has 1 N–H and O–H groups in total. The van der Waals surface area contributed by atoms with E-state index in [0.717, 1.165) is 30.0 Å². The van der Waals surface area contributed by atoms with Gasteiger partial charge in [-0.2, -0.15) is 0 Å². The Balaban J connectivity index is 1.85. The van der Waals surface area contributed by atoms with E-state index >= 15 is 0 Å². The molecule has 0 spiro atoms. The van der Waals surface area contributed by atoms with Crippen LogP contribution in [0.15, 0.2) is 48.5 Å². The molecule has 0 radical (unpaired) electrons. The molecule has 1 heterocycles. The van der Waals surface area contributed by atoms with E-state index in [0.29, 0.717) is 6.61 Å². The molecule has 3 nitrogen and oxygen atoms in total. The number of nitrogens with one attached hydrogen (secondary N) is 1. The van der Waals surface area contributed by atoms with E-state index in [-0.39, 0.29) is 5.54 Å². The van der Waals surface area contributed by atoms with Crippen LogP contribution < -0.4 is 14.8 Å². The third kappa shape index (κ3) is 2.95.